The maximum Gasteiger partial charge on any atom is 0.0451 e. The Morgan fingerprint density at radius 2 is 2.36 bits per heavy atom. The van der Waals surface area contributed by atoms with Gasteiger partial charge < -0.3 is 0 Å². The molecule has 2 nitrogen and oxygen atoms in total. The van der Waals surface area contributed by atoms with E-state index in [0.29, 0.717) is 13.1 Å². The highest BCUT2D eigenvalue weighted by molar-refractivity contribution is 5.14. The van der Waals surface area contributed by atoms with Crippen molar-refractivity contribution in [2.45, 2.75) is 25.7 Å². The van der Waals surface area contributed by atoms with Gasteiger partial charge >= 0.3 is 0 Å². The molecule has 1 aromatic rings. The Bertz CT molecular complexity index is 314. The number of hydrogen-bond acceptors (Lipinski definition) is 2. The molecule has 1 saturated heterocycles. The molecule has 1 fully saturated rings. The first-order valence-electron chi connectivity index (χ1n) is 5.10. The van der Waals surface area contributed by atoms with Gasteiger partial charge in [0.05, 0.1) is 0 Å². The number of pyridine rings is 1. The number of aromatic nitrogens is 1. The molecule has 0 spiro atoms. The summed E-state index contributed by atoms with van der Waals surface area (Å²) in [5, 5.41) is 0.901. The Balaban J connectivity index is 2.14. The quantitative estimate of drug-likeness (QED) is 0.638. The highest BCUT2D eigenvalue weighted by Crippen LogP contribution is 2.25. The molecule has 1 aliphatic heterocycles. The number of rotatable bonds is 1. The molecule has 76 valence electrons. The van der Waals surface area contributed by atoms with E-state index < -0.39 is 0 Å². The zero-order valence-electron chi connectivity index (χ0n) is 8.41. The third-order valence-electron chi connectivity index (χ3n) is 2.70. The molecule has 1 aromatic heterocycles. The van der Waals surface area contributed by atoms with Crippen LogP contribution in [-0.2, 0) is 0 Å². The topological polar surface area (TPSA) is 16.1 Å². The fourth-order valence-corrected chi connectivity index (χ4v) is 1.96. The second-order valence-corrected chi connectivity index (χ2v) is 3.91. The van der Waals surface area contributed by atoms with E-state index in [9.17, 15) is 4.48 Å². The van der Waals surface area contributed by atoms with Gasteiger partial charge in [0.2, 0.25) is 0 Å². The van der Waals surface area contributed by atoms with Crippen LogP contribution in [-0.4, -0.2) is 23.2 Å². The number of piperidine rings is 1. The Kier molecular flexibility index (Phi) is 2.77. The summed E-state index contributed by atoms with van der Waals surface area (Å²) in [5.74, 6) is 0.272. The molecular formula is C11H15FN2. The van der Waals surface area contributed by atoms with E-state index >= 15 is 0 Å². The van der Waals surface area contributed by atoms with Gasteiger partial charge in [-0.1, -0.05) is 6.07 Å². The van der Waals surface area contributed by atoms with Gasteiger partial charge in [0.1, 0.15) is 0 Å². The lowest BCUT2D eigenvalue weighted by Crippen LogP contribution is -2.28. The minimum absolute atomic E-state index is 0.272. The van der Waals surface area contributed by atoms with Gasteiger partial charge in [-0.25, -0.2) is 0 Å². The van der Waals surface area contributed by atoms with Crippen LogP contribution < -0.4 is 0 Å². The molecule has 0 aromatic carbocycles. The van der Waals surface area contributed by atoms with Crippen molar-refractivity contribution in [1.82, 2.24) is 10.1 Å². The number of halogens is 1. The number of nitrogens with zero attached hydrogens (tertiary/aromatic N) is 2. The molecular weight excluding hydrogens is 179 g/mol. The van der Waals surface area contributed by atoms with Gasteiger partial charge in [0.25, 0.3) is 0 Å². The normalized spacial score (nSPS) is 23.7. The Labute approximate surface area is 83.7 Å². The van der Waals surface area contributed by atoms with Crippen LogP contribution in [0, 0.1) is 6.92 Å². The molecule has 0 N–H and O–H groups in total. The monoisotopic (exact) mass is 194 g/mol. The smallest absolute Gasteiger partial charge is 0.0451 e. The first-order chi connectivity index (χ1) is 6.75. The van der Waals surface area contributed by atoms with E-state index in [2.05, 4.69) is 4.98 Å². The molecule has 2 heterocycles. The van der Waals surface area contributed by atoms with Crippen molar-refractivity contribution < 1.29 is 4.48 Å². The predicted octanol–water partition coefficient (Wildman–Crippen LogP) is 2.45. The molecule has 1 unspecified atom stereocenters. The lowest BCUT2D eigenvalue weighted by Gasteiger charge is -2.25. The van der Waals surface area contributed by atoms with Crippen molar-refractivity contribution in [1.29, 1.82) is 0 Å². The average Bonchev–Trinajstić information content (AvgIpc) is 2.18. The summed E-state index contributed by atoms with van der Waals surface area (Å²) in [6, 6.07) is 5.96. The summed E-state index contributed by atoms with van der Waals surface area (Å²) < 4.78 is 13.0. The first-order valence-corrected chi connectivity index (χ1v) is 5.10. The van der Waals surface area contributed by atoms with Crippen molar-refractivity contribution in [2.24, 2.45) is 0 Å². The van der Waals surface area contributed by atoms with Gasteiger partial charge in [-0.05, 0) is 31.9 Å². The highest BCUT2D eigenvalue weighted by Gasteiger charge is 2.21. The second-order valence-electron chi connectivity index (χ2n) is 3.91. The van der Waals surface area contributed by atoms with Gasteiger partial charge in [0.15, 0.2) is 0 Å². The van der Waals surface area contributed by atoms with E-state index in [4.69, 9.17) is 0 Å². The molecule has 0 bridgehead atoms. The van der Waals surface area contributed by atoms with Crippen LogP contribution in [0.2, 0.25) is 0 Å². The van der Waals surface area contributed by atoms with E-state index in [1.165, 1.54) is 0 Å². The van der Waals surface area contributed by atoms with Gasteiger partial charge in [0, 0.05) is 30.4 Å². The fraction of sp³-hybridized carbons (Fsp3) is 0.545. The third kappa shape index (κ3) is 2.10. The van der Waals surface area contributed by atoms with Crippen LogP contribution >= 0.6 is 0 Å². The van der Waals surface area contributed by atoms with Gasteiger partial charge in [-0.2, -0.15) is 0 Å². The molecule has 1 aliphatic rings. The Morgan fingerprint density at radius 3 is 3.07 bits per heavy atom. The van der Waals surface area contributed by atoms with E-state index in [1.54, 1.807) is 0 Å². The zero-order valence-corrected chi connectivity index (χ0v) is 8.41. The standard InChI is InChI=1S/C11H15FN2/c1-9-4-2-6-11(13-9)10-5-3-7-14(12)8-10/h2,4,6,10H,3,5,7-8H2,1H3. The minimum Gasteiger partial charge on any atom is -0.258 e. The highest BCUT2D eigenvalue weighted by atomic mass is 19.2. The maximum absolute atomic E-state index is 13.0. The molecule has 1 atom stereocenters. The van der Waals surface area contributed by atoms with Crippen molar-refractivity contribution >= 4 is 0 Å². The maximum atomic E-state index is 13.0. The summed E-state index contributed by atoms with van der Waals surface area (Å²) in [6.07, 6.45) is 1.98. The molecule has 2 rings (SSSR count). The average molecular weight is 194 g/mol. The minimum atomic E-state index is 0.272. The summed E-state index contributed by atoms with van der Waals surface area (Å²) in [4.78, 5) is 4.44. The van der Waals surface area contributed by atoms with Crippen LogP contribution in [0.15, 0.2) is 18.2 Å². The fourth-order valence-electron chi connectivity index (χ4n) is 1.96. The lowest BCUT2D eigenvalue weighted by molar-refractivity contribution is -0.00280. The zero-order chi connectivity index (χ0) is 9.97. The molecule has 0 radical (unpaired) electrons. The lowest BCUT2D eigenvalue weighted by atomic mass is 9.95. The molecule has 14 heavy (non-hydrogen) atoms. The van der Waals surface area contributed by atoms with E-state index in [-0.39, 0.29) is 5.92 Å². The van der Waals surface area contributed by atoms with Crippen molar-refractivity contribution in [3.05, 3.63) is 29.6 Å². The van der Waals surface area contributed by atoms with Gasteiger partial charge in [-0.3, -0.25) is 4.98 Å². The molecule has 0 saturated carbocycles. The summed E-state index contributed by atoms with van der Waals surface area (Å²) in [5.41, 5.74) is 2.05. The predicted molar refractivity (Wildman–Crippen MR) is 53.6 cm³/mol. The van der Waals surface area contributed by atoms with E-state index in [1.807, 2.05) is 25.1 Å². The Hall–Kier alpha value is -0.960. The number of hydrogen-bond donors (Lipinski definition) is 0. The first kappa shape index (κ1) is 9.59. The number of aryl methyl sites for hydroxylation is 1. The van der Waals surface area contributed by atoms with Crippen LogP contribution in [0.3, 0.4) is 0 Å². The molecule has 3 heteroatoms. The van der Waals surface area contributed by atoms with Crippen LogP contribution in [0.1, 0.15) is 30.1 Å². The van der Waals surface area contributed by atoms with E-state index in [0.717, 1.165) is 29.4 Å². The van der Waals surface area contributed by atoms with Crippen LogP contribution in [0.5, 0.6) is 0 Å². The van der Waals surface area contributed by atoms with Gasteiger partial charge in [-0.15, -0.1) is 9.60 Å². The second kappa shape index (κ2) is 4.05. The summed E-state index contributed by atoms with van der Waals surface area (Å²) >= 11 is 0. The van der Waals surface area contributed by atoms with Crippen LogP contribution in [0.25, 0.3) is 0 Å². The third-order valence-corrected chi connectivity index (χ3v) is 2.70. The summed E-state index contributed by atoms with van der Waals surface area (Å²) in [7, 11) is 0. The largest absolute Gasteiger partial charge is 0.258 e. The molecule has 0 aliphatic carbocycles. The molecule has 0 amide bonds. The Morgan fingerprint density at radius 1 is 1.50 bits per heavy atom. The van der Waals surface area contributed by atoms with Crippen molar-refractivity contribution in [3.63, 3.8) is 0 Å². The SMILES string of the molecule is Cc1cccc(C2CCCN(F)C2)n1. The summed E-state index contributed by atoms with van der Waals surface area (Å²) in [6.45, 7) is 3.04. The van der Waals surface area contributed by atoms with Crippen LogP contribution in [0.4, 0.5) is 4.48 Å². The van der Waals surface area contributed by atoms with Crippen molar-refractivity contribution in [3.8, 4) is 0 Å². The van der Waals surface area contributed by atoms with Crippen molar-refractivity contribution in [2.75, 3.05) is 13.1 Å².